The molecule has 0 radical (unpaired) electrons. The molecule has 0 heterocycles. The van der Waals surface area contributed by atoms with Crippen molar-refractivity contribution in [3.8, 4) is 0 Å². The van der Waals surface area contributed by atoms with Crippen LogP contribution in [0.2, 0.25) is 0 Å². The van der Waals surface area contributed by atoms with Crippen molar-refractivity contribution >= 4 is 17.8 Å². The molecule has 0 atom stereocenters. The van der Waals surface area contributed by atoms with Crippen molar-refractivity contribution in [3.05, 3.63) is 0 Å². The number of carboxylic acid groups (broad SMARTS) is 1. The molecule has 8 heavy (non-hydrogen) atoms. The number of rotatable bonds is 0. The number of hydrogen-bond acceptors (Lipinski definition) is 2. The minimum atomic E-state index is -1.25. The highest BCUT2D eigenvalue weighted by molar-refractivity contribution is 6.17. The van der Waals surface area contributed by atoms with Crippen LogP contribution in [0.5, 0.6) is 0 Å². The standard InChI is InChI=1S/C2H5Cl.C2H4O3/c1-2-3;1-5-2(3)4/h2H2,1H3;1H3,(H,3,4). The SMILES string of the molecule is CCCl.COC(=O)O. The number of halogens is 1. The molecule has 1 N–H and O–H groups in total. The summed E-state index contributed by atoms with van der Waals surface area (Å²) >= 11 is 5.00. The van der Waals surface area contributed by atoms with E-state index in [1.54, 1.807) is 0 Å². The minimum Gasteiger partial charge on any atom is -0.450 e. The molecule has 0 amide bonds. The Balaban J connectivity index is 0. The van der Waals surface area contributed by atoms with Gasteiger partial charge in [0.1, 0.15) is 0 Å². The van der Waals surface area contributed by atoms with Crippen LogP contribution in [0.25, 0.3) is 0 Å². The first-order valence-corrected chi connectivity index (χ1v) is 2.55. The first-order valence-electron chi connectivity index (χ1n) is 2.01. The van der Waals surface area contributed by atoms with E-state index in [2.05, 4.69) is 4.74 Å². The van der Waals surface area contributed by atoms with Crippen LogP contribution in [-0.4, -0.2) is 24.3 Å². The van der Waals surface area contributed by atoms with Gasteiger partial charge in [0.05, 0.1) is 7.11 Å². The summed E-state index contributed by atoms with van der Waals surface area (Å²) in [5.74, 6) is 0.722. The molecule has 0 aliphatic rings. The quantitative estimate of drug-likeness (QED) is 0.410. The lowest BCUT2D eigenvalue weighted by atomic mass is 11.0. The molecule has 0 fully saturated rings. The lowest BCUT2D eigenvalue weighted by Gasteiger charge is -1.79. The lowest BCUT2D eigenvalue weighted by Crippen LogP contribution is -1.91. The van der Waals surface area contributed by atoms with Crippen LogP contribution < -0.4 is 0 Å². The number of methoxy groups -OCH3 is 1. The third-order valence-electron chi connectivity index (χ3n) is 0.175. The molecule has 0 saturated heterocycles. The first kappa shape index (κ1) is 10.5. The summed E-state index contributed by atoms with van der Waals surface area (Å²) in [7, 11) is 1.10. The highest BCUT2D eigenvalue weighted by atomic mass is 35.5. The van der Waals surface area contributed by atoms with E-state index < -0.39 is 6.16 Å². The fourth-order valence-corrected chi connectivity index (χ4v) is 0. The van der Waals surface area contributed by atoms with Gasteiger partial charge in [-0.15, -0.1) is 11.6 Å². The molecule has 0 aromatic heterocycles. The van der Waals surface area contributed by atoms with Gasteiger partial charge in [-0.1, -0.05) is 6.92 Å². The maximum Gasteiger partial charge on any atom is 0.505 e. The fourth-order valence-electron chi connectivity index (χ4n) is 0. The zero-order valence-electron chi connectivity index (χ0n) is 4.85. The van der Waals surface area contributed by atoms with E-state index in [0.29, 0.717) is 0 Å². The molecule has 0 aromatic rings. The molecule has 3 nitrogen and oxygen atoms in total. The van der Waals surface area contributed by atoms with Gasteiger partial charge >= 0.3 is 6.16 Å². The predicted octanol–water partition coefficient (Wildman–Crippen LogP) is 1.56. The number of ether oxygens (including phenoxy) is 1. The van der Waals surface area contributed by atoms with Crippen LogP contribution in [0.1, 0.15) is 6.92 Å². The Morgan fingerprint density at radius 1 is 1.88 bits per heavy atom. The predicted molar refractivity (Wildman–Crippen MR) is 31.4 cm³/mol. The Hall–Kier alpha value is -0.440. The van der Waals surface area contributed by atoms with E-state index in [9.17, 15) is 0 Å². The summed E-state index contributed by atoms with van der Waals surface area (Å²) in [6.45, 7) is 1.89. The smallest absolute Gasteiger partial charge is 0.450 e. The minimum absolute atomic E-state index is 0.722. The highest BCUT2D eigenvalue weighted by Gasteiger charge is 1.80. The van der Waals surface area contributed by atoms with E-state index in [1.807, 2.05) is 6.92 Å². The van der Waals surface area contributed by atoms with Crippen LogP contribution >= 0.6 is 11.6 Å². The fraction of sp³-hybridized carbons (Fsp3) is 0.750. The summed E-state index contributed by atoms with van der Waals surface area (Å²) in [5.41, 5.74) is 0. The monoisotopic (exact) mass is 140 g/mol. The second kappa shape index (κ2) is 9.75. The Bertz CT molecular complexity index is 55.2. The zero-order valence-corrected chi connectivity index (χ0v) is 5.60. The van der Waals surface area contributed by atoms with Gasteiger partial charge in [0.15, 0.2) is 0 Å². The number of alkyl halides is 1. The van der Waals surface area contributed by atoms with Gasteiger partial charge in [0, 0.05) is 5.88 Å². The summed E-state index contributed by atoms with van der Waals surface area (Å²) in [6.07, 6.45) is -1.25. The van der Waals surface area contributed by atoms with Crippen LogP contribution in [0.4, 0.5) is 4.79 Å². The van der Waals surface area contributed by atoms with Crippen molar-refractivity contribution in [2.75, 3.05) is 13.0 Å². The van der Waals surface area contributed by atoms with Gasteiger partial charge in [-0.3, -0.25) is 0 Å². The summed E-state index contributed by atoms with van der Waals surface area (Å²) in [5, 5.41) is 7.50. The van der Waals surface area contributed by atoms with Gasteiger partial charge in [0.2, 0.25) is 0 Å². The van der Waals surface area contributed by atoms with Crippen LogP contribution in [0.3, 0.4) is 0 Å². The molecule has 0 unspecified atom stereocenters. The summed E-state index contributed by atoms with van der Waals surface area (Å²) in [6, 6.07) is 0. The zero-order chi connectivity index (χ0) is 6.99. The van der Waals surface area contributed by atoms with Gasteiger partial charge < -0.3 is 9.84 Å². The third-order valence-corrected chi connectivity index (χ3v) is 0.175. The highest BCUT2D eigenvalue weighted by Crippen LogP contribution is 1.60. The molecule has 0 saturated carbocycles. The summed E-state index contributed by atoms with van der Waals surface area (Å²) < 4.78 is 3.67. The van der Waals surface area contributed by atoms with E-state index in [-0.39, 0.29) is 0 Å². The van der Waals surface area contributed by atoms with Crippen molar-refractivity contribution in [1.82, 2.24) is 0 Å². The average molecular weight is 141 g/mol. The Morgan fingerprint density at radius 2 is 2.00 bits per heavy atom. The van der Waals surface area contributed by atoms with Gasteiger partial charge in [0.25, 0.3) is 0 Å². The molecule has 0 aromatic carbocycles. The Morgan fingerprint density at radius 3 is 2.00 bits per heavy atom. The Labute approximate surface area is 53.2 Å². The van der Waals surface area contributed by atoms with Crippen molar-refractivity contribution in [2.24, 2.45) is 0 Å². The second-order valence-corrected chi connectivity index (χ2v) is 1.27. The molecule has 50 valence electrons. The second-order valence-electron chi connectivity index (χ2n) is 0.737. The van der Waals surface area contributed by atoms with E-state index in [1.165, 1.54) is 0 Å². The summed E-state index contributed by atoms with van der Waals surface area (Å²) in [4.78, 5) is 9.15. The molecule has 4 heteroatoms. The van der Waals surface area contributed by atoms with Crippen LogP contribution in [0.15, 0.2) is 0 Å². The molecular weight excluding hydrogens is 131 g/mol. The molecule has 0 aliphatic carbocycles. The average Bonchev–Trinajstić information content (AvgIpc) is 1.69. The van der Waals surface area contributed by atoms with E-state index >= 15 is 0 Å². The van der Waals surface area contributed by atoms with Crippen LogP contribution in [0, 0.1) is 0 Å². The molecule has 0 aliphatic heterocycles. The molecule has 0 bridgehead atoms. The van der Waals surface area contributed by atoms with Crippen molar-refractivity contribution in [3.63, 3.8) is 0 Å². The van der Waals surface area contributed by atoms with E-state index in [4.69, 9.17) is 21.5 Å². The largest absolute Gasteiger partial charge is 0.505 e. The van der Waals surface area contributed by atoms with Crippen molar-refractivity contribution in [1.29, 1.82) is 0 Å². The first-order chi connectivity index (χ1) is 3.68. The lowest BCUT2D eigenvalue weighted by molar-refractivity contribution is 0.114. The normalized spacial score (nSPS) is 6.38. The van der Waals surface area contributed by atoms with Crippen molar-refractivity contribution in [2.45, 2.75) is 6.92 Å². The Kier molecular flexibility index (Phi) is 12.8. The maximum atomic E-state index is 9.15. The van der Waals surface area contributed by atoms with Crippen molar-refractivity contribution < 1.29 is 14.6 Å². The van der Waals surface area contributed by atoms with Crippen LogP contribution in [-0.2, 0) is 4.74 Å². The molecule has 0 rings (SSSR count). The van der Waals surface area contributed by atoms with Gasteiger partial charge in [-0.2, -0.15) is 0 Å². The number of hydrogen-bond donors (Lipinski definition) is 1. The maximum absolute atomic E-state index is 9.15. The molecule has 0 spiro atoms. The topological polar surface area (TPSA) is 46.5 Å². The molecular formula is C4H9ClO3. The van der Waals surface area contributed by atoms with Gasteiger partial charge in [-0.05, 0) is 0 Å². The van der Waals surface area contributed by atoms with Gasteiger partial charge in [-0.25, -0.2) is 4.79 Å². The third kappa shape index (κ3) is 47.5. The number of carbonyl (C=O) groups is 1. The van der Waals surface area contributed by atoms with E-state index in [0.717, 1.165) is 13.0 Å².